The molecule has 0 aromatic heterocycles. The van der Waals surface area contributed by atoms with Crippen molar-refractivity contribution in [2.75, 3.05) is 0 Å². The van der Waals surface area contributed by atoms with Gasteiger partial charge in [-0.15, -0.1) is 0 Å². The van der Waals surface area contributed by atoms with Crippen LogP contribution in [0.3, 0.4) is 0 Å². The smallest absolute Gasteiger partial charge is 0.311 e. The summed E-state index contributed by atoms with van der Waals surface area (Å²) in [7, 11) is 0. The number of hydrogen-bond acceptors (Lipinski definition) is 8. The highest BCUT2D eigenvalue weighted by Gasteiger charge is 2.45. The van der Waals surface area contributed by atoms with E-state index < -0.39 is 48.2 Å². The molecule has 0 unspecified atom stereocenters. The molecule has 2 aliphatic heterocycles. The fourth-order valence-corrected chi connectivity index (χ4v) is 5.13. The molecule has 8 nitrogen and oxygen atoms in total. The largest absolute Gasteiger partial charge is 0.458 e. The van der Waals surface area contributed by atoms with E-state index in [1.807, 2.05) is 45.9 Å². The number of epoxide rings is 1. The van der Waals surface area contributed by atoms with Gasteiger partial charge in [-0.05, 0) is 44.3 Å². The van der Waals surface area contributed by atoms with E-state index in [0.29, 0.717) is 0 Å². The summed E-state index contributed by atoms with van der Waals surface area (Å²) in [6, 6.07) is 0. The Bertz CT molecular complexity index is 895. The van der Waals surface area contributed by atoms with E-state index in [1.165, 1.54) is 6.92 Å². The number of carbonyl (C=O) groups is 2. The molecular weight excluding hydrogens is 500 g/mol. The number of esters is 2. The molecule has 0 spiro atoms. The number of aliphatic hydroxyl groups is 3. The summed E-state index contributed by atoms with van der Waals surface area (Å²) >= 11 is 0. The van der Waals surface area contributed by atoms with Gasteiger partial charge in [0.15, 0.2) is 0 Å². The number of carbonyl (C=O) groups excluding carboxylic acids is 2. The van der Waals surface area contributed by atoms with Gasteiger partial charge < -0.3 is 29.5 Å². The predicted octanol–water partition coefficient (Wildman–Crippen LogP) is 4.12. The lowest BCUT2D eigenvalue weighted by Crippen LogP contribution is -2.39. The molecule has 0 aliphatic carbocycles. The van der Waals surface area contributed by atoms with E-state index in [1.54, 1.807) is 19.9 Å². The minimum absolute atomic E-state index is 0.0412. The highest BCUT2D eigenvalue weighted by atomic mass is 16.6. The standard InChI is InChI=1S/C31H50O8/c1-9-24(33)21(6)30-28(38-30)15-17(2)11-10-12-18(3)29-19(4)13-14-27(37-23(8)32)20(5)25(34)16-26(35)22(7)31(36)39-29/h10-14,17,19-22,24-30,33-35H,9,15-16H2,1-8H3/b11-10+,14-13+,18-12+/t17-,19+,20-,21+,22-,24-,25+,26+,27+,28+,29+,30-/m0/s1. The molecule has 0 saturated carbocycles. The Labute approximate surface area is 234 Å². The molecule has 39 heavy (non-hydrogen) atoms. The van der Waals surface area contributed by atoms with Crippen LogP contribution in [0.15, 0.2) is 36.0 Å². The Balaban J connectivity index is 2.17. The summed E-state index contributed by atoms with van der Waals surface area (Å²) in [5.74, 6) is -2.17. The third kappa shape index (κ3) is 9.85. The van der Waals surface area contributed by atoms with E-state index in [9.17, 15) is 24.9 Å². The first kappa shape index (κ1) is 33.2. The molecular formula is C31H50O8. The van der Waals surface area contributed by atoms with Gasteiger partial charge in [0.25, 0.3) is 0 Å². The van der Waals surface area contributed by atoms with Crippen LogP contribution in [0.5, 0.6) is 0 Å². The van der Waals surface area contributed by atoms with E-state index in [2.05, 4.69) is 13.0 Å². The summed E-state index contributed by atoms with van der Waals surface area (Å²) in [5, 5.41) is 31.3. The van der Waals surface area contributed by atoms with Crippen LogP contribution < -0.4 is 0 Å². The summed E-state index contributed by atoms with van der Waals surface area (Å²) < 4.78 is 17.1. The second-order valence-corrected chi connectivity index (χ2v) is 11.7. The molecule has 1 saturated heterocycles. The first-order valence-electron chi connectivity index (χ1n) is 14.4. The Morgan fingerprint density at radius 2 is 1.82 bits per heavy atom. The Kier molecular flexibility index (Phi) is 12.9. The summed E-state index contributed by atoms with van der Waals surface area (Å²) in [6.07, 6.45) is 7.66. The van der Waals surface area contributed by atoms with Crippen molar-refractivity contribution >= 4 is 11.9 Å². The molecule has 1 fully saturated rings. The van der Waals surface area contributed by atoms with Crippen LogP contribution in [0.1, 0.15) is 74.7 Å². The van der Waals surface area contributed by atoms with Gasteiger partial charge in [0, 0.05) is 31.1 Å². The quantitative estimate of drug-likeness (QED) is 0.169. The van der Waals surface area contributed by atoms with Crippen molar-refractivity contribution in [3.05, 3.63) is 36.0 Å². The van der Waals surface area contributed by atoms with Crippen LogP contribution in [-0.4, -0.2) is 70.0 Å². The minimum atomic E-state index is -1.10. The van der Waals surface area contributed by atoms with Crippen molar-refractivity contribution in [1.82, 2.24) is 0 Å². The molecule has 8 heteroatoms. The molecule has 0 aromatic rings. The summed E-state index contributed by atoms with van der Waals surface area (Å²) in [5.41, 5.74) is 0.833. The molecule has 2 heterocycles. The number of ether oxygens (including phenoxy) is 3. The normalized spacial score (nSPS) is 37.7. The second-order valence-electron chi connectivity index (χ2n) is 11.7. The third-order valence-electron chi connectivity index (χ3n) is 8.20. The van der Waals surface area contributed by atoms with Crippen molar-refractivity contribution in [2.45, 2.75) is 117 Å². The Morgan fingerprint density at radius 1 is 1.15 bits per heavy atom. The van der Waals surface area contributed by atoms with Crippen LogP contribution in [0.2, 0.25) is 0 Å². The lowest BCUT2D eigenvalue weighted by atomic mass is 9.88. The molecule has 0 aromatic carbocycles. The molecule has 2 aliphatic rings. The summed E-state index contributed by atoms with van der Waals surface area (Å²) in [6.45, 7) is 14.6. The van der Waals surface area contributed by atoms with E-state index in [4.69, 9.17) is 14.2 Å². The number of aliphatic hydroxyl groups excluding tert-OH is 3. The predicted molar refractivity (Wildman–Crippen MR) is 149 cm³/mol. The number of rotatable bonds is 9. The van der Waals surface area contributed by atoms with Crippen molar-refractivity contribution in [1.29, 1.82) is 0 Å². The van der Waals surface area contributed by atoms with Crippen LogP contribution in [-0.2, 0) is 23.8 Å². The van der Waals surface area contributed by atoms with E-state index in [-0.39, 0.29) is 42.5 Å². The van der Waals surface area contributed by atoms with Gasteiger partial charge in [-0.1, -0.05) is 58.9 Å². The van der Waals surface area contributed by atoms with Crippen molar-refractivity contribution < 1.29 is 39.1 Å². The van der Waals surface area contributed by atoms with Crippen molar-refractivity contribution in [3.8, 4) is 0 Å². The summed E-state index contributed by atoms with van der Waals surface area (Å²) in [4.78, 5) is 24.6. The van der Waals surface area contributed by atoms with Crippen molar-refractivity contribution in [3.63, 3.8) is 0 Å². The van der Waals surface area contributed by atoms with Crippen molar-refractivity contribution in [2.24, 2.45) is 29.6 Å². The van der Waals surface area contributed by atoms with Gasteiger partial charge in [0.2, 0.25) is 0 Å². The fourth-order valence-electron chi connectivity index (χ4n) is 5.13. The van der Waals surface area contributed by atoms with Gasteiger partial charge in [-0.2, -0.15) is 0 Å². The van der Waals surface area contributed by atoms with Crippen LogP contribution >= 0.6 is 0 Å². The molecule has 12 atom stereocenters. The van der Waals surface area contributed by atoms with Gasteiger partial charge in [0.05, 0.1) is 36.4 Å². The maximum Gasteiger partial charge on any atom is 0.311 e. The Morgan fingerprint density at radius 3 is 2.44 bits per heavy atom. The number of allylic oxidation sites excluding steroid dienone is 3. The monoisotopic (exact) mass is 550 g/mol. The Hall–Kier alpha value is -2.00. The van der Waals surface area contributed by atoms with Gasteiger partial charge in [-0.3, -0.25) is 9.59 Å². The zero-order valence-electron chi connectivity index (χ0n) is 24.8. The average molecular weight is 551 g/mol. The van der Waals surface area contributed by atoms with Crippen LogP contribution in [0.4, 0.5) is 0 Å². The number of cyclic esters (lactones) is 1. The topological polar surface area (TPSA) is 126 Å². The maximum atomic E-state index is 12.9. The van der Waals surface area contributed by atoms with E-state index in [0.717, 1.165) is 18.4 Å². The molecule has 3 N–H and O–H groups in total. The minimum Gasteiger partial charge on any atom is -0.458 e. The van der Waals surface area contributed by atoms with E-state index >= 15 is 0 Å². The second kappa shape index (κ2) is 15.1. The highest BCUT2D eigenvalue weighted by Crippen LogP contribution is 2.36. The van der Waals surface area contributed by atoms with Gasteiger partial charge in [0.1, 0.15) is 12.2 Å². The molecule has 0 radical (unpaired) electrons. The SMILES string of the molecule is CC[C@H](O)[C@@H](C)[C@@H]1O[C@@H]1C[C@@H](C)/C=C/C=C(\C)[C@H]1OC(=O)[C@@H](C)[C@H](O)C[C@@H](O)[C@H](C)[C@H](OC(C)=O)/C=C/[C@H]1C. The maximum absolute atomic E-state index is 12.9. The lowest BCUT2D eigenvalue weighted by molar-refractivity contribution is -0.158. The molecule has 0 bridgehead atoms. The first-order valence-corrected chi connectivity index (χ1v) is 14.4. The van der Waals surface area contributed by atoms with Crippen LogP contribution in [0, 0.1) is 29.6 Å². The van der Waals surface area contributed by atoms with Crippen LogP contribution in [0.25, 0.3) is 0 Å². The third-order valence-corrected chi connectivity index (χ3v) is 8.20. The average Bonchev–Trinajstić information content (AvgIpc) is 3.65. The van der Waals surface area contributed by atoms with Gasteiger partial charge in [-0.25, -0.2) is 0 Å². The molecule has 2 rings (SSSR count). The highest BCUT2D eigenvalue weighted by molar-refractivity contribution is 5.73. The van der Waals surface area contributed by atoms with Gasteiger partial charge >= 0.3 is 11.9 Å². The zero-order valence-corrected chi connectivity index (χ0v) is 24.8. The molecule has 222 valence electrons. The fraction of sp³-hybridized carbons (Fsp3) is 0.742. The molecule has 0 amide bonds. The zero-order chi connectivity index (χ0) is 29.4. The first-order chi connectivity index (χ1) is 18.3. The lowest BCUT2D eigenvalue weighted by Gasteiger charge is -2.31. The number of hydrogen-bond donors (Lipinski definition) is 3.